The number of benzene rings is 2. The van der Waals surface area contributed by atoms with E-state index in [0.29, 0.717) is 5.56 Å². The smallest absolute Gasteiger partial charge is 0.141 e. The van der Waals surface area contributed by atoms with E-state index >= 15 is 0 Å². The van der Waals surface area contributed by atoms with Gasteiger partial charge >= 0.3 is 0 Å². The largest absolute Gasteiger partial charge is 0.385 e. The Morgan fingerprint density at radius 3 is 2.69 bits per heavy atom. The maximum Gasteiger partial charge on any atom is 0.141 e. The summed E-state index contributed by atoms with van der Waals surface area (Å²) < 4.78 is 29.3. The summed E-state index contributed by atoms with van der Waals surface area (Å²) in [5.74, 6) is -0.772. The zero-order valence-corrected chi connectivity index (χ0v) is 18.4. The molecule has 3 aromatic rings. The van der Waals surface area contributed by atoms with Gasteiger partial charge in [-0.25, -0.2) is 13.8 Å². The average molecular weight is 453 g/mol. The van der Waals surface area contributed by atoms with E-state index in [4.69, 9.17) is 11.6 Å². The van der Waals surface area contributed by atoms with Crippen LogP contribution in [0.3, 0.4) is 0 Å². The van der Waals surface area contributed by atoms with Gasteiger partial charge in [-0.2, -0.15) is 0 Å². The van der Waals surface area contributed by atoms with Gasteiger partial charge in [-0.15, -0.1) is 0 Å². The summed E-state index contributed by atoms with van der Waals surface area (Å²) in [6, 6.07) is 11.0. The Kier molecular flexibility index (Phi) is 4.25. The van der Waals surface area contributed by atoms with Gasteiger partial charge in [0.2, 0.25) is 0 Å². The number of imidazole rings is 1. The molecule has 2 saturated carbocycles. The molecule has 1 spiro atoms. The molecule has 3 aliphatic rings. The van der Waals surface area contributed by atoms with Crippen LogP contribution in [-0.4, -0.2) is 14.7 Å². The molecule has 1 aliphatic heterocycles. The van der Waals surface area contributed by atoms with Crippen molar-refractivity contribution in [3.05, 3.63) is 82.3 Å². The third kappa shape index (κ3) is 2.47. The van der Waals surface area contributed by atoms with Crippen molar-refractivity contribution in [3.63, 3.8) is 0 Å². The van der Waals surface area contributed by atoms with Crippen LogP contribution in [0.2, 0.25) is 5.02 Å². The number of nitrogens with zero attached hydrogens (tertiary/aromatic N) is 2. The first kappa shape index (κ1) is 20.1. The number of fused-ring (bicyclic) bond motifs is 1. The van der Waals surface area contributed by atoms with Crippen molar-refractivity contribution in [1.29, 1.82) is 0 Å². The van der Waals surface area contributed by atoms with Crippen LogP contribution in [0.4, 0.5) is 8.78 Å². The zero-order chi connectivity index (χ0) is 22.3. The molecule has 0 saturated heterocycles. The number of rotatable bonds is 2. The number of allylic oxidation sites excluding steroid dienone is 1. The molecule has 2 aliphatic carbocycles. The lowest BCUT2D eigenvalue weighted by atomic mass is 9.37. The maximum atomic E-state index is 13.8. The molecule has 0 radical (unpaired) electrons. The van der Waals surface area contributed by atoms with Crippen molar-refractivity contribution in [2.45, 2.75) is 38.3 Å². The summed E-state index contributed by atoms with van der Waals surface area (Å²) in [6.45, 7) is 2.83. The van der Waals surface area contributed by atoms with Gasteiger partial charge in [0.25, 0.3) is 0 Å². The van der Waals surface area contributed by atoms with Gasteiger partial charge in [0, 0.05) is 29.4 Å². The first-order valence-electron chi connectivity index (χ1n) is 11.1. The highest BCUT2D eigenvalue weighted by molar-refractivity contribution is 6.30. The number of aromatic nitrogens is 2. The van der Waals surface area contributed by atoms with Crippen LogP contribution >= 0.6 is 11.6 Å². The topological polar surface area (TPSA) is 38.0 Å². The Balaban J connectivity index is 1.42. The van der Waals surface area contributed by atoms with Gasteiger partial charge in [-0.05, 0) is 67.3 Å². The van der Waals surface area contributed by atoms with Gasteiger partial charge in [0.15, 0.2) is 0 Å². The molecule has 6 rings (SSSR count). The van der Waals surface area contributed by atoms with Gasteiger partial charge in [0.1, 0.15) is 11.6 Å². The SMILES string of the molecule is CC1[C@]23Cn4cnc(-c5ccc(F)cc5)c4C=C2CCC[C@@H]3[C@]1(O)c1ccc(F)c(Cl)c1. The predicted molar refractivity (Wildman–Crippen MR) is 120 cm³/mol. The molecule has 164 valence electrons. The van der Waals surface area contributed by atoms with E-state index < -0.39 is 11.4 Å². The second-order valence-electron chi connectivity index (χ2n) is 9.44. The lowest BCUT2D eigenvalue weighted by Gasteiger charge is -2.69. The minimum atomic E-state index is -1.05. The van der Waals surface area contributed by atoms with Crippen LogP contribution in [0.5, 0.6) is 0 Å². The molecule has 1 N–H and O–H groups in total. The van der Waals surface area contributed by atoms with E-state index in [-0.39, 0.29) is 28.1 Å². The van der Waals surface area contributed by atoms with Gasteiger partial charge < -0.3 is 9.67 Å². The van der Waals surface area contributed by atoms with Crippen LogP contribution < -0.4 is 0 Å². The van der Waals surface area contributed by atoms with Crippen LogP contribution in [0.15, 0.2) is 54.4 Å². The first-order valence-corrected chi connectivity index (χ1v) is 11.4. The summed E-state index contributed by atoms with van der Waals surface area (Å²) in [4.78, 5) is 4.65. The van der Waals surface area contributed by atoms with Crippen molar-refractivity contribution in [3.8, 4) is 11.3 Å². The summed E-state index contributed by atoms with van der Waals surface area (Å²) >= 11 is 6.06. The lowest BCUT2D eigenvalue weighted by Crippen LogP contribution is -2.69. The van der Waals surface area contributed by atoms with Crippen molar-refractivity contribution in [2.24, 2.45) is 17.3 Å². The standard InChI is InChI=1S/C26H23ClF2N2O/c1-15-25-13-31-14-30-24(16-5-8-19(28)9-6-16)22(31)12-17(25)3-2-4-23(25)26(15,32)18-7-10-21(29)20(27)11-18/h5-12,14-15,23,32H,2-4,13H2,1H3/t15?,23-,25+,26+/m0/s1. The molecular weight excluding hydrogens is 430 g/mol. The highest BCUT2D eigenvalue weighted by atomic mass is 35.5. The van der Waals surface area contributed by atoms with Crippen molar-refractivity contribution < 1.29 is 13.9 Å². The second kappa shape index (κ2) is 6.75. The minimum absolute atomic E-state index is 0.0244. The molecule has 1 unspecified atom stereocenters. The predicted octanol–water partition coefficient (Wildman–Crippen LogP) is 6.20. The minimum Gasteiger partial charge on any atom is -0.385 e. The third-order valence-corrected chi connectivity index (χ3v) is 8.53. The van der Waals surface area contributed by atoms with Crippen molar-refractivity contribution in [2.75, 3.05) is 0 Å². The van der Waals surface area contributed by atoms with E-state index in [1.807, 2.05) is 6.33 Å². The number of halogens is 3. The summed E-state index contributed by atoms with van der Waals surface area (Å²) in [5, 5.41) is 11.9. The Labute approximate surface area is 190 Å². The number of hydrogen-bond acceptors (Lipinski definition) is 2. The molecule has 0 bridgehead atoms. The summed E-state index contributed by atoms with van der Waals surface area (Å²) in [6.07, 6.45) is 6.95. The molecule has 4 atom stereocenters. The number of hydrogen-bond donors (Lipinski definition) is 1. The average Bonchev–Trinajstić information content (AvgIpc) is 3.21. The quantitative estimate of drug-likeness (QED) is 0.502. The summed E-state index contributed by atoms with van der Waals surface area (Å²) in [5.41, 5.74) is 3.59. The molecule has 6 heteroatoms. The maximum absolute atomic E-state index is 13.8. The van der Waals surface area contributed by atoms with E-state index in [2.05, 4.69) is 22.6 Å². The monoisotopic (exact) mass is 452 g/mol. The molecule has 2 aromatic carbocycles. The fraction of sp³-hybridized carbons (Fsp3) is 0.346. The molecule has 32 heavy (non-hydrogen) atoms. The van der Waals surface area contributed by atoms with Gasteiger partial charge in [0.05, 0.1) is 28.3 Å². The molecule has 3 nitrogen and oxygen atoms in total. The fourth-order valence-electron chi connectivity index (χ4n) is 6.70. The Hall–Kier alpha value is -2.50. The first-order chi connectivity index (χ1) is 15.4. The van der Waals surface area contributed by atoms with Gasteiger partial charge in [-0.1, -0.05) is 30.2 Å². The van der Waals surface area contributed by atoms with E-state index in [0.717, 1.165) is 42.8 Å². The fourth-order valence-corrected chi connectivity index (χ4v) is 6.88. The molecular formula is C26H23ClF2N2O. The van der Waals surface area contributed by atoms with E-state index in [1.54, 1.807) is 24.3 Å². The van der Waals surface area contributed by atoms with E-state index in [9.17, 15) is 13.9 Å². The van der Waals surface area contributed by atoms with Crippen LogP contribution in [-0.2, 0) is 12.1 Å². The Morgan fingerprint density at radius 1 is 1.16 bits per heavy atom. The number of aliphatic hydroxyl groups is 1. The lowest BCUT2D eigenvalue weighted by molar-refractivity contribution is -0.256. The highest BCUT2D eigenvalue weighted by Gasteiger charge is 2.71. The molecule has 2 fully saturated rings. The van der Waals surface area contributed by atoms with Gasteiger partial charge in [-0.3, -0.25) is 0 Å². The Morgan fingerprint density at radius 2 is 1.94 bits per heavy atom. The van der Waals surface area contributed by atoms with Crippen molar-refractivity contribution in [1.82, 2.24) is 9.55 Å². The molecule has 1 aromatic heterocycles. The van der Waals surface area contributed by atoms with Crippen LogP contribution in [0.25, 0.3) is 17.3 Å². The molecule has 0 amide bonds. The third-order valence-electron chi connectivity index (χ3n) is 8.24. The zero-order valence-electron chi connectivity index (χ0n) is 17.7. The van der Waals surface area contributed by atoms with E-state index in [1.165, 1.54) is 23.8 Å². The second-order valence-corrected chi connectivity index (χ2v) is 9.85. The normalized spacial score (nSPS) is 30.6. The van der Waals surface area contributed by atoms with Crippen LogP contribution in [0, 0.1) is 28.9 Å². The van der Waals surface area contributed by atoms with Crippen LogP contribution in [0.1, 0.15) is 37.4 Å². The summed E-state index contributed by atoms with van der Waals surface area (Å²) in [7, 11) is 0. The Bertz CT molecular complexity index is 1270. The molecule has 2 heterocycles. The van der Waals surface area contributed by atoms with Crippen molar-refractivity contribution >= 4 is 17.7 Å². The highest BCUT2D eigenvalue weighted by Crippen LogP contribution is 2.72.